The van der Waals surface area contributed by atoms with E-state index in [0.717, 1.165) is 30.0 Å². The standard InChI is InChI=1S/C17H20N4O2S/c1-12-5-7-13(8-6-12)16-19-20-17(24-16)18-14(22)9-11-21-10-3-2-4-15(21)23/h5-8H,2-4,9-11H2,1H3,(H,18,20,22). The Morgan fingerprint density at radius 3 is 2.79 bits per heavy atom. The van der Waals surface area contributed by atoms with E-state index in [2.05, 4.69) is 15.5 Å². The topological polar surface area (TPSA) is 75.2 Å². The number of benzene rings is 1. The number of piperidine rings is 1. The number of carbonyl (C=O) groups excluding carboxylic acids is 2. The number of amides is 2. The number of likely N-dealkylation sites (tertiary alicyclic amines) is 1. The summed E-state index contributed by atoms with van der Waals surface area (Å²) < 4.78 is 0. The first-order chi connectivity index (χ1) is 11.6. The number of hydrogen-bond acceptors (Lipinski definition) is 5. The number of aromatic nitrogens is 2. The summed E-state index contributed by atoms with van der Waals surface area (Å²) in [6, 6.07) is 8.02. The SMILES string of the molecule is Cc1ccc(-c2nnc(NC(=O)CCN3CCCCC3=O)s2)cc1. The van der Waals surface area contributed by atoms with Crippen molar-refractivity contribution in [1.82, 2.24) is 15.1 Å². The Balaban J connectivity index is 1.53. The number of rotatable bonds is 5. The van der Waals surface area contributed by atoms with Crippen molar-refractivity contribution in [3.05, 3.63) is 29.8 Å². The van der Waals surface area contributed by atoms with Gasteiger partial charge in [0.2, 0.25) is 16.9 Å². The molecule has 1 N–H and O–H groups in total. The summed E-state index contributed by atoms with van der Waals surface area (Å²) >= 11 is 1.35. The van der Waals surface area contributed by atoms with Crippen LogP contribution in [0.2, 0.25) is 0 Å². The van der Waals surface area contributed by atoms with E-state index in [-0.39, 0.29) is 18.2 Å². The number of nitrogens with zero attached hydrogens (tertiary/aromatic N) is 3. The summed E-state index contributed by atoms with van der Waals surface area (Å²) in [5.74, 6) is 0.00611. The molecule has 0 unspecified atom stereocenters. The second-order valence-corrected chi connectivity index (χ2v) is 6.89. The minimum Gasteiger partial charge on any atom is -0.342 e. The molecule has 1 fully saturated rings. The van der Waals surface area contributed by atoms with E-state index in [1.54, 1.807) is 4.90 Å². The average molecular weight is 344 g/mol. The lowest BCUT2D eigenvalue weighted by Gasteiger charge is -2.26. The highest BCUT2D eigenvalue weighted by Gasteiger charge is 2.19. The van der Waals surface area contributed by atoms with Crippen molar-refractivity contribution >= 4 is 28.3 Å². The van der Waals surface area contributed by atoms with E-state index in [1.807, 2.05) is 31.2 Å². The van der Waals surface area contributed by atoms with E-state index in [4.69, 9.17) is 0 Å². The average Bonchev–Trinajstić information content (AvgIpc) is 3.03. The third-order valence-corrected chi connectivity index (χ3v) is 4.89. The monoisotopic (exact) mass is 344 g/mol. The summed E-state index contributed by atoms with van der Waals surface area (Å²) in [6.45, 7) is 3.25. The molecule has 24 heavy (non-hydrogen) atoms. The Bertz CT molecular complexity index is 726. The van der Waals surface area contributed by atoms with Crippen LogP contribution in [0.3, 0.4) is 0 Å². The van der Waals surface area contributed by atoms with Crippen LogP contribution >= 0.6 is 11.3 Å². The van der Waals surface area contributed by atoms with Crippen LogP contribution in [0.15, 0.2) is 24.3 Å². The van der Waals surface area contributed by atoms with Crippen LogP contribution in [-0.2, 0) is 9.59 Å². The molecule has 2 heterocycles. The van der Waals surface area contributed by atoms with Crippen LogP contribution in [0.25, 0.3) is 10.6 Å². The van der Waals surface area contributed by atoms with Crippen molar-refractivity contribution in [2.75, 3.05) is 18.4 Å². The van der Waals surface area contributed by atoms with E-state index >= 15 is 0 Å². The molecule has 6 nitrogen and oxygen atoms in total. The molecule has 0 spiro atoms. The molecule has 2 amide bonds. The fourth-order valence-corrected chi connectivity index (χ4v) is 3.37. The number of hydrogen-bond donors (Lipinski definition) is 1. The minimum absolute atomic E-state index is 0.139. The number of anilines is 1. The van der Waals surface area contributed by atoms with Crippen LogP contribution in [0.4, 0.5) is 5.13 Å². The molecule has 7 heteroatoms. The highest BCUT2D eigenvalue weighted by molar-refractivity contribution is 7.18. The summed E-state index contributed by atoms with van der Waals surface area (Å²) in [6.07, 6.45) is 2.85. The Hall–Kier alpha value is -2.28. The van der Waals surface area contributed by atoms with Crippen molar-refractivity contribution < 1.29 is 9.59 Å². The molecule has 1 aromatic heterocycles. The van der Waals surface area contributed by atoms with E-state index < -0.39 is 0 Å². The quantitative estimate of drug-likeness (QED) is 0.905. The zero-order valence-corrected chi connectivity index (χ0v) is 14.4. The van der Waals surface area contributed by atoms with Crippen molar-refractivity contribution in [3.8, 4) is 10.6 Å². The fraction of sp³-hybridized carbons (Fsp3) is 0.412. The molecule has 1 aliphatic rings. The largest absolute Gasteiger partial charge is 0.342 e. The first kappa shape index (κ1) is 16.6. The molecule has 0 radical (unpaired) electrons. The van der Waals surface area contributed by atoms with Gasteiger partial charge in [-0.3, -0.25) is 9.59 Å². The first-order valence-electron chi connectivity index (χ1n) is 8.10. The third kappa shape index (κ3) is 4.17. The maximum absolute atomic E-state index is 12.0. The van der Waals surface area contributed by atoms with Gasteiger partial charge in [-0.05, 0) is 19.8 Å². The van der Waals surface area contributed by atoms with Gasteiger partial charge in [0.1, 0.15) is 5.01 Å². The first-order valence-corrected chi connectivity index (χ1v) is 8.91. The lowest BCUT2D eigenvalue weighted by molar-refractivity contribution is -0.133. The van der Waals surface area contributed by atoms with Crippen LogP contribution in [0, 0.1) is 6.92 Å². The lowest BCUT2D eigenvalue weighted by atomic mass is 10.1. The molecule has 2 aromatic rings. The molecule has 1 aliphatic heterocycles. The van der Waals surface area contributed by atoms with E-state index in [1.165, 1.54) is 16.9 Å². The van der Waals surface area contributed by atoms with Crippen LogP contribution in [-0.4, -0.2) is 40.0 Å². The van der Waals surface area contributed by atoms with Gasteiger partial charge >= 0.3 is 0 Å². The molecule has 1 aromatic carbocycles. The zero-order chi connectivity index (χ0) is 16.9. The Labute approximate surface area is 144 Å². The molecule has 3 rings (SSSR count). The third-order valence-electron chi connectivity index (χ3n) is 4.00. The Morgan fingerprint density at radius 1 is 1.25 bits per heavy atom. The predicted octanol–water partition coefficient (Wildman–Crippen LogP) is 2.85. The van der Waals surface area contributed by atoms with E-state index in [0.29, 0.717) is 18.1 Å². The molecule has 126 valence electrons. The number of nitrogens with one attached hydrogen (secondary N) is 1. The predicted molar refractivity (Wildman–Crippen MR) is 93.8 cm³/mol. The second-order valence-electron chi connectivity index (χ2n) is 5.91. The Morgan fingerprint density at radius 2 is 2.04 bits per heavy atom. The number of carbonyl (C=O) groups is 2. The van der Waals surface area contributed by atoms with E-state index in [9.17, 15) is 9.59 Å². The molecule has 1 saturated heterocycles. The highest BCUT2D eigenvalue weighted by atomic mass is 32.1. The minimum atomic E-state index is -0.139. The summed E-state index contributed by atoms with van der Waals surface area (Å²) in [5.41, 5.74) is 2.17. The van der Waals surface area contributed by atoms with Crippen molar-refractivity contribution in [3.63, 3.8) is 0 Å². The lowest BCUT2D eigenvalue weighted by Crippen LogP contribution is -2.37. The smallest absolute Gasteiger partial charge is 0.227 e. The molecule has 0 aliphatic carbocycles. The summed E-state index contributed by atoms with van der Waals surface area (Å²) in [5, 5.41) is 12.2. The maximum atomic E-state index is 12.0. The van der Waals surface area contributed by atoms with Gasteiger partial charge in [0.05, 0.1) is 0 Å². The highest BCUT2D eigenvalue weighted by Crippen LogP contribution is 2.26. The molecule has 0 saturated carbocycles. The molecule has 0 atom stereocenters. The molecular weight excluding hydrogens is 324 g/mol. The van der Waals surface area contributed by atoms with Crippen molar-refractivity contribution in [2.24, 2.45) is 0 Å². The second kappa shape index (κ2) is 7.53. The van der Waals surface area contributed by atoms with Gasteiger partial charge in [-0.25, -0.2) is 0 Å². The number of aryl methyl sites for hydroxylation is 1. The van der Waals surface area contributed by atoms with Crippen LogP contribution in [0.5, 0.6) is 0 Å². The van der Waals surface area contributed by atoms with Gasteiger partial charge in [0, 0.05) is 31.5 Å². The van der Waals surface area contributed by atoms with Gasteiger partial charge in [0.15, 0.2) is 0 Å². The fourth-order valence-electron chi connectivity index (χ4n) is 2.60. The van der Waals surface area contributed by atoms with Crippen LogP contribution in [0.1, 0.15) is 31.2 Å². The van der Waals surface area contributed by atoms with Gasteiger partial charge in [-0.15, -0.1) is 10.2 Å². The molecular formula is C17H20N4O2S. The summed E-state index contributed by atoms with van der Waals surface area (Å²) in [4.78, 5) is 25.5. The Kier molecular flexibility index (Phi) is 5.20. The van der Waals surface area contributed by atoms with Gasteiger partial charge in [0.25, 0.3) is 0 Å². The summed E-state index contributed by atoms with van der Waals surface area (Å²) in [7, 11) is 0. The normalized spacial score (nSPS) is 14.7. The van der Waals surface area contributed by atoms with Gasteiger partial charge < -0.3 is 10.2 Å². The maximum Gasteiger partial charge on any atom is 0.227 e. The van der Waals surface area contributed by atoms with Crippen molar-refractivity contribution in [1.29, 1.82) is 0 Å². The van der Waals surface area contributed by atoms with Gasteiger partial charge in [-0.2, -0.15) is 0 Å². The van der Waals surface area contributed by atoms with Gasteiger partial charge in [-0.1, -0.05) is 41.2 Å². The molecule has 0 bridgehead atoms. The zero-order valence-electron chi connectivity index (χ0n) is 13.6. The van der Waals surface area contributed by atoms with Crippen molar-refractivity contribution in [2.45, 2.75) is 32.6 Å². The van der Waals surface area contributed by atoms with Crippen LogP contribution < -0.4 is 5.32 Å².